The van der Waals surface area contributed by atoms with Crippen LogP contribution in [0.1, 0.15) is 28.8 Å². The maximum absolute atomic E-state index is 12.7. The molecule has 0 bridgehead atoms. The minimum atomic E-state index is -0.285. The number of para-hydroxylation sites is 1. The highest BCUT2D eigenvalue weighted by atomic mass is 16.2. The predicted octanol–water partition coefficient (Wildman–Crippen LogP) is 3.70. The Kier molecular flexibility index (Phi) is 4.36. The van der Waals surface area contributed by atoms with E-state index in [9.17, 15) is 14.4 Å². The average Bonchev–Trinajstić information content (AvgIpc) is 2.94. The summed E-state index contributed by atoms with van der Waals surface area (Å²) in [6.45, 7) is 1.92. The van der Waals surface area contributed by atoms with Gasteiger partial charge in [-0.2, -0.15) is 0 Å². The van der Waals surface area contributed by atoms with Crippen molar-refractivity contribution in [2.24, 2.45) is 11.8 Å². The number of hydrogen-bond donors (Lipinski definition) is 1. The number of hydrogen-bond acceptors (Lipinski definition) is 3. The largest absolute Gasteiger partial charge is 0.322 e. The standard InChI is InChI=1S/C22H20N2O3/c1-14-7-2-5-12-19(14)23-20(25)15-8-6-9-16(13-15)24-21(26)17-10-3-4-11-18(17)22(24)27/h2-9,12-13,17-18H,10-11H2,1H3,(H,23,25)/t17-,18-/m0/s1. The summed E-state index contributed by atoms with van der Waals surface area (Å²) in [6, 6.07) is 14.2. The Balaban J connectivity index is 1.59. The first-order chi connectivity index (χ1) is 13.1. The lowest BCUT2D eigenvalue weighted by Gasteiger charge is -2.16. The van der Waals surface area contributed by atoms with Gasteiger partial charge in [-0.1, -0.05) is 36.4 Å². The Hall–Kier alpha value is -3.21. The molecule has 2 atom stereocenters. The predicted molar refractivity (Wildman–Crippen MR) is 103 cm³/mol. The first-order valence-electron chi connectivity index (χ1n) is 9.06. The second kappa shape index (κ2) is 6.83. The monoisotopic (exact) mass is 360 g/mol. The summed E-state index contributed by atoms with van der Waals surface area (Å²) in [5, 5.41) is 2.88. The topological polar surface area (TPSA) is 66.5 Å². The summed E-state index contributed by atoms with van der Waals surface area (Å²) in [4.78, 5) is 39.4. The molecular formula is C22H20N2O3. The number of aryl methyl sites for hydroxylation is 1. The van der Waals surface area contributed by atoms with E-state index in [-0.39, 0.29) is 29.6 Å². The third-order valence-corrected chi connectivity index (χ3v) is 5.27. The number of benzene rings is 2. The molecule has 0 spiro atoms. The molecule has 0 aromatic heterocycles. The molecule has 136 valence electrons. The molecule has 1 N–H and O–H groups in total. The molecule has 5 heteroatoms. The highest BCUT2D eigenvalue weighted by Gasteiger charge is 2.47. The summed E-state index contributed by atoms with van der Waals surface area (Å²) in [7, 11) is 0. The first-order valence-corrected chi connectivity index (χ1v) is 9.06. The van der Waals surface area contributed by atoms with Crippen molar-refractivity contribution in [3.05, 3.63) is 71.8 Å². The van der Waals surface area contributed by atoms with Crippen molar-refractivity contribution in [3.8, 4) is 0 Å². The van der Waals surface area contributed by atoms with Crippen LogP contribution >= 0.6 is 0 Å². The Morgan fingerprint density at radius 1 is 0.963 bits per heavy atom. The van der Waals surface area contributed by atoms with Gasteiger partial charge in [0.25, 0.3) is 5.91 Å². The number of fused-ring (bicyclic) bond motifs is 1. The van der Waals surface area contributed by atoms with Crippen LogP contribution in [0.15, 0.2) is 60.7 Å². The molecule has 0 radical (unpaired) electrons. The summed E-state index contributed by atoms with van der Waals surface area (Å²) in [5.41, 5.74) is 2.56. The molecule has 3 amide bonds. The first kappa shape index (κ1) is 17.2. The molecule has 0 unspecified atom stereocenters. The summed E-state index contributed by atoms with van der Waals surface area (Å²) in [6.07, 6.45) is 5.11. The summed E-state index contributed by atoms with van der Waals surface area (Å²) < 4.78 is 0. The molecular weight excluding hydrogens is 340 g/mol. The van der Waals surface area contributed by atoms with Gasteiger partial charge in [-0.25, -0.2) is 0 Å². The minimum absolute atomic E-state index is 0.175. The van der Waals surface area contributed by atoms with E-state index in [4.69, 9.17) is 0 Å². The van der Waals surface area contributed by atoms with Gasteiger partial charge in [0.05, 0.1) is 17.5 Å². The van der Waals surface area contributed by atoms with E-state index in [2.05, 4.69) is 5.32 Å². The van der Waals surface area contributed by atoms with Crippen molar-refractivity contribution in [2.75, 3.05) is 10.2 Å². The van der Waals surface area contributed by atoms with Crippen molar-refractivity contribution in [1.82, 2.24) is 0 Å². The molecule has 2 aromatic carbocycles. The van der Waals surface area contributed by atoms with Gasteiger partial charge in [-0.3, -0.25) is 19.3 Å². The molecule has 27 heavy (non-hydrogen) atoms. The zero-order valence-electron chi connectivity index (χ0n) is 15.0. The van der Waals surface area contributed by atoms with Gasteiger partial charge >= 0.3 is 0 Å². The van der Waals surface area contributed by atoms with Crippen LogP contribution in [-0.2, 0) is 9.59 Å². The number of imide groups is 1. The van der Waals surface area contributed by atoms with Crippen LogP contribution < -0.4 is 10.2 Å². The highest BCUT2D eigenvalue weighted by molar-refractivity contribution is 6.22. The second-order valence-corrected chi connectivity index (χ2v) is 6.99. The van der Waals surface area contributed by atoms with E-state index in [1.54, 1.807) is 24.3 Å². The van der Waals surface area contributed by atoms with E-state index >= 15 is 0 Å². The zero-order chi connectivity index (χ0) is 19.0. The molecule has 1 heterocycles. The van der Waals surface area contributed by atoms with Crippen LogP contribution in [0.3, 0.4) is 0 Å². The molecule has 1 saturated heterocycles. The molecule has 0 saturated carbocycles. The van der Waals surface area contributed by atoms with Crippen LogP contribution in [0.4, 0.5) is 11.4 Å². The van der Waals surface area contributed by atoms with E-state index in [0.717, 1.165) is 11.3 Å². The van der Waals surface area contributed by atoms with E-state index in [1.807, 2.05) is 43.3 Å². The fourth-order valence-electron chi connectivity index (χ4n) is 3.75. The van der Waals surface area contributed by atoms with E-state index in [0.29, 0.717) is 24.1 Å². The molecule has 2 aromatic rings. The normalized spacial score (nSPS) is 21.3. The lowest BCUT2D eigenvalue weighted by Crippen LogP contribution is -2.31. The van der Waals surface area contributed by atoms with Gasteiger partial charge in [-0.05, 0) is 49.6 Å². The van der Waals surface area contributed by atoms with E-state index in [1.165, 1.54) is 4.90 Å². The Morgan fingerprint density at radius 2 is 1.63 bits per heavy atom. The van der Waals surface area contributed by atoms with Gasteiger partial charge in [0.1, 0.15) is 0 Å². The van der Waals surface area contributed by atoms with Crippen molar-refractivity contribution in [1.29, 1.82) is 0 Å². The van der Waals surface area contributed by atoms with Crippen molar-refractivity contribution < 1.29 is 14.4 Å². The van der Waals surface area contributed by atoms with Crippen LogP contribution in [0.5, 0.6) is 0 Å². The minimum Gasteiger partial charge on any atom is -0.322 e. The smallest absolute Gasteiger partial charge is 0.255 e. The fourth-order valence-corrected chi connectivity index (χ4v) is 3.75. The number of carbonyl (C=O) groups excluding carboxylic acids is 3. The molecule has 4 rings (SSSR count). The maximum atomic E-state index is 12.7. The maximum Gasteiger partial charge on any atom is 0.255 e. The van der Waals surface area contributed by atoms with Crippen molar-refractivity contribution in [3.63, 3.8) is 0 Å². The Bertz CT molecular complexity index is 938. The summed E-state index contributed by atoms with van der Waals surface area (Å²) >= 11 is 0. The number of anilines is 2. The van der Waals surface area contributed by atoms with Gasteiger partial charge in [-0.15, -0.1) is 0 Å². The molecule has 1 fully saturated rings. The number of allylic oxidation sites excluding steroid dienone is 2. The lowest BCUT2D eigenvalue weighted by atomic mass is 9.85. The number of nitrogens with one attached hydrogen (secondary N) is 1. The van der Waals surface area contributed by atoms with Gasteiger partial charge in [0.2, 0.25) is 11.8 Å². The Morgan fingerprint density at radius 3 is 2.30 bits per heavy atom. The zero-order valence-corrected chi connectivity index (χ0v) is 15.0. The summed E-state index contributed by atoms with van der Waals surface area (Å²) in [5.74, 6) is -1.19. The number of rotatable bonds is 3. The van der Waals surface area contributed by atoms with Crippen molar-refractivity contribution in [2.45, 2.75) is 19.8 Å². The lowest BCUT2D eigenvalue weighted by molar-refractivity contribution is -0.122. The molecule has 1 aliphatic carbocycles. The van der Waals surface area contributed by atoms with Crippen LogP contribution in [-0.4, -0.2) is 17.7 Å². The average molecular weight is 360 g/mol. The SMILES string of the molecule is Cc1ccccc1NC(=O)c1cccc(N2C(=O)[C@H]3CC=CC[C@@H]3C2=O)c1. The van der Waals surface area contributed by atoms with E-state index < -0.39 is 0 Å². The quantitative estimate of drug-likeness (QED) is 0.670. The van der Waals surface area contributed by atoms with Gasteiger partial charge in [0.15, 0.2) is 0 Å². The molecule has 1 aliphatic heterocycles. The van der Waals surface area contributed by atoms with Crippen LogP contribution in [0.2, 0.25) is 0 Å². The molecule has 2 aliphatic rings. The van der Waals surface area contributed by atoms with Crippen LogP contribution in [0, 0.1) is 18.8 Å². The number of amides is 3. The number of carbonyl (C=O) groups is 3. The number of nitrogens with zero attached hydrogens (tertiary/aromatic N) is 1. The van der Waals surface area contributed by atoms with Gasteiger partial charge in [0, 0.05) is 11.3 Å². The Labute approximate surface area is 157 Å². The second-order valence-electron chi connectivity index (χ2n) is 6.99. The van der Waals surface area contributed by atoms with Crippen LogP contribution in [0.25, 0.3) is 0 Å². The van der Waals surface area contributed by atoms with Crippen molar-refractivity contribution >= 4 is 29.1 Å². The third kappa shape index (κ3) is 3.05. The third-order valence-electron chi connectivity index (χ3n) is 5.27. The van der Waals surface area contributed by atoms with Gasteiger partial charge < -0.3 is 5.32 Å². The molecule has 5 nitrogen and oxygen atoms in total. The fraction of sp³-hybridized carbons (Fsp3) is 0.227. The highest BCUT2D eigenvalue weighted by Crippen LogP contribution is 2.37.